The second kappa shape index (κ2) is 15.2. The molecule has 16 nitrogen and oxygen atoms in total. The third-order valence-electron chi connectivity index (χ3n) is 12.9. The van der Waals surface area contributed by atoms with Crippen molar-refractivity contribution < 1.29 is 68.5 Å². The molecule has 12 atom stereocenters. The molecule has 10 unspecified atom stereocenters. The fourth-order valence-electron chi connectivity index (χ4n) is 10.0. The predicted molar refractivity (Wildman–Crippen MR) is 187 cm³/mol. The molecule has 3 amide bonds. The molecule has 3 saturated carbocycles. The van der Waals surface area contributed by atoms with Gasteiger partial charge in [-0.15, -0.1) is 0 Å². The number of imide groups is 1. The lowest BCUT2D eigenvalue weighted by Gasteiger charge is -2.56. The molecule has 6 N–H and O–H groups in total. The summed E-state index contributed by atoms with van der Waals surface area (Å²) in [7, 11) is 1.34. The van der Waals surface area contributed by atoms with Crippen LogP contribution in [0.25, 0.3) is 0 Å². The van der Waals surface area contributed by atoms with E-state index >= 15 is 0 Å². The van der Waals surface area contributed by atoms with Crippen molar-refractivity contribution in [2.75, 3.05) is 20.3 Å². The minimum Gasteiger partial charge on any atom is -0.496 e. The molecular formula is C39H48N2O14. The van der Waals surface area contributed by atoms with Crippen LogP contribution < -0.4 is 10.1 Å². The van der Waals surface area contributed by atoms with Gasteiger partial charge in [0.25, 0.3) is 11.8 Å². The number of hydrogen-bond donors (Lipinski definition) is 6. The van der Waals surface area contributed by atoms with Gasteiger partial charge >= 0.3 is 0 Å². The third kappa shape index (κ3) is 6.95. The van der Waals surface area contributed by atoms with Crippen LogP contribution in [-0.2, 0) is 28.7 Å². The summed E-state index contributed by atoms with van der Waals surface area (Å²) in [5, 5.41) is 59.2. The zero-order chi connectivity index (χ0) is 39.5. The molecule has 16 heteroatoms. The topological polar surface area (TPSA) is 247 Å². The van der Waals surface area contributed by atoms with E-state index in [1.165, 1.54) is 42.4 Å². The molecular weight excluding hydrogens is 720 g/mol. The molecule has 1 aromatic carbocycles. The van der Waals surface area contributed by atoms with Gasteiger partial charge in [-0.05, 0) is 56.9 Å². The van der Waals surface area contributed by atoms with Crippen LogP contribution in [0.4, 0.5) is 0 Å². The van der Waals surface area contributed by atoms with Crippen molar-refractivity contribution in [2.24, 2.45) is 35.5 Å². The number of hydrogen-bond acceptors (Lipinski definition) is 14. The normalized spacial score (nSPS) is 40.0. The summed E-state index contributed by atoms with van der Waals surface area (Å²) in [4.78, 5) is 79.6. The number of ether oxygens (including phenoxy) is 3. The number of Topliss-reactive ketones (excluding diaryl/α,β-unsaturated/α-hetero) is 3. The van der Waals surface area contributed by atoms with Gasteiger partial charge in [-0.1, -0.05) is 12.1 Å². The number of benzene rings is 1. The Kier molecular flexibility index (Phi) is 10.9. The summed E-state index contributed by atoms with van der Waals surface area (Å²) < 4.78 is 17.8. The van der Waals surface area contributed by atoms with Crippen LogP contribution in [0.3, 0.4) is 0 Å². The first kappa shape index (κ1) is 39.3. The van der Waals surface area contributed by atoms with Crippen molar-refractivity contribution in [3.05, 3.63) is 41.5 Å². The van der Waals surface area contributed by atoms with Crippen molar-refractivity contribution in [1.82, 2.24) is 10.2 Å². The second-order valence-electron chi connectivity index (χ2n) is 16.0. The quantitative estimate of drug-likeness (QED) is 0.173. The molecule has 2 heterocycles. The average molecular weight is 769 g/mol. The van der Waals surface area contributed by atoms with Crippen LogP contribution in [0.5, 0.6) is 5.75 Å². The summed E-state index contributed by atoms with van der Waals surface area (Å²) in [6.45, 7) is 0.840. The van der Waals surface area contributed by atoms with Gasteiger partial charge in [0.15, 0.2) is 23.6 Å². The fraction of sp³-hybridized carbons (Fsp3) is 0.641. The van der Waals surface area contributed by atoms with E-state index in [4.69, 9.17) is 14.2 Å². The van der Waals surface area contributed by atoms with Crippen molar-refractivity contribution in [3.63, 3.8) is 0 Å². The minimum atomic E-state index is -2.23. The van der Waals surface area contributed by atoms with E-state index in [0.29, 0.717) is 25.7 Å². The molecule has 4 aliphatic carbocycles. The Hall–Kier alpha value is -3.90. The smallest absolute Gasteiger partial charge is 0.253 e. The van der Waals surface area contributed by atoms with Crippen LogP contribution in [0.2, 0.25) is 0 Å². The first-order valence-electron chi connectivity index (χ1n) is 19.0. The van der Waals surface area contributed by atoms with Crippen LogP contribution in [0.15, 0.2) is 30.4 Å². The molecule has 1 aromatic rings. The molecule has 0 radical (unpaired) electrons. The van der Waals surface area contributed by atoms with Crippen molar-refractivity contribution in [1.29, 1.82) is 0 Å². The van der Waals surface area contributed by atoms with Gasteiger partial charge in [0, 0.05) is 48.9 Å². The number of carbonyl (C=O) groups excluding carboxylic acids is 6. The van der Waals surface area contributed by atoms with Crippen LogP contribution in [0.1, 0.15) is 72.6 Å². The summed E-state index contributed by atoms with van der Waals surface area (Å²) in [5.74, 6) is -8.34. The number of aliphatic hydroxyl groups is 5. The van der Waals surface area contributed by atoms with Crippen molar-refractivity contribution >= 4 is 35.1 Å². The van der Waals surface area contributed by atoms with E-state index < -0.39 is 109 Å². The summed E-state index contributed by atoms with van der Waals surface area (Å²) >= 11 is 0. The van der Waals surface area contributed by atoms with E-state index in [2.05, 4.69) is 5.32 Å². The fourth-order valence-corrected chi connectivity index (χ4v) is 10.0. The Morgan fingerprint density at radius 3 is 2.27 bits per heavy atom. The van der Waals surface area contributed by atoms with Gasteiger partial charge in [-0.2, -0.15) is 0 Å². The SMILES string of the molecule is COc1cccc2c1C(=O)C1C(O)C3C(C[C@@](O)(C(=O)CO)C[C@@H]3OC3CC(NC(=O)C4CCC(CN5C(=O)C=CC5=O)CC4)C(O)C(C)O3)C(O)C1C2=O. The van der Waals surface area contributed by atoms with Crippen LogP contribution >= 0.6 is 0 Å². The van der Waals surface area contributed by atoms with Crippen molar-refractivity contribution in [2.45, 2.75) is 100 Å². The number of aliphatic hydroxyl groups excluding tert-OH is 4. The lowest BCUT2D eigenvalue weighted by molar-refractivity contribution is -0.278. The maximum atomic E-state index is 14.1. The third-order valence-corrected chi connectivity index (χ3v) is 12.9. The molecule has 0 bridgehead atoms. The van der Waals surface area contributed by atoms with Crippen molar-refractivity contribution in [3.8, 4) is 5.75 Å². The Bertz CT molecular complexity index is 1760. The number of nitrogens with one attached hydrogen (secondary N) is 1. The average Bonchev–Trinajstić information content (AvgIpc) is 3.48. The van der Waals surface area contributed by atoms with Gasteiger partial charge in [0.05, 0.1) is 55.0 Å². The summed E-state index contributed by atoms with van der Waals surface area (Å²) in [6.07, 6.45) is -3.80. The highest BCUT2D eigenvalue weighted by Crippen LogP contribution is 2.53. The predicted octanol–water partition coefficient (Wildman–Crippen LogP) is -0.542. The lowest BCUT2D eigenvalue weighted by atomic mass is 9.52. The number of amides is 3. The summed E-state index contributed by atoms with van der Waals surface area (Å²) in [5.41, 5.74) is -2.21. The monoisotopic (exact) mass is 768 g/mol. The Labute approximate surface area is 316 Å². The van der Waals surface area contributed by atoms with Gasteiger partial charge in [-0.25, -0.2) is 0 Å². The first-order chi connectivity index (χ1) is 26.2. The molecule has 0 spiro atoms. The molecule has 7 rings (SSSR count). The summed E-state index contributed by atoms with van der Waals surface area (Å²) in [6, 6.07) is 3.64. The Morgan fingerprint density at radius 1 is 0.945 bits per heavy atom. The molecule has 55 heavy (non-hydrogen) atoms. The Balaban J connectivity index is 1.08. The molecule has 6 aliphatic rings. The first-order valence-corrected chi connectivity index (χ1v) is 19.0. The van der Waals surface area contributed by atoms with Gasteiger partial charge in [-0.3, -0.25) is 33.7 Å². The van der Waals surface area contributed by atoms with E-state index in [-0.39, 0.29) is 59.4 Å². The second-order valence-corrected chi connectivity index (χ2v) is 16.0. The molecule has 0 aromatic heterocycles. The molecule has 1 saturated heterocycles. The van der Waals surface area contributed by atoms with E-state index in [1.54, 1.807) is 6.92 Å². The zero-order valence-electron chi connectivity index (χ0n) is 30.6. The number of rotatable bonds is 9. The number of ketones is 3. The van der Waals surface area contributed by atoms with Gasteiger partial charge in [0.1, 0.15) is 24.1 Å². The number of nitrogens with zero attached hydrogens (tertiary/aromatic N) is 1. The van der Waals surface area contributed by atoms with E-state index in [1.807, 2.05) is 0 Å². The molecule has 2 aliphatic heterocycles. The minimum absolute atomic E-state index is 0.0132. The van der Waals surface area contributed by atoms with Crippen LogP contribution in [-0.4, -0.2) is 134 Å². The van der Waals surface area contributed by atoms with Gasteiger partial charge < -0.3 is 45.1 Å². The molecule has 4 fully saturated rings. The molecule has 298 valence electrons. The van der Waals surface area contributed by atoms with E-state index in [9.17, 15) is 54.3 Å². The Morgan fingerprint density at radius 2 is 1.62 bits per heavy atom. The standard InChI is InChI=1S/C39H48N2O14/c1-17-33(46)22(40-38(51)19-8-6-18(7-9-19)15-41-26(44)10-11-27(41)45)12-28(54-17)55-24-14-39(52,25(43)16-42)13-21-30(24)37(50)32-31(35(21)48)34(47)20-4-3-5-23(53-2)29(20)36(32)49/h3-5,10-11,17-19,21-22,24,28,30-33,35,37,42,46,48,50,52H,6-9,12-16H2,1-2H3,(H,40,51)/t17?,18?,19?,21?,22?,24-,28?,30?,31?,32?,33?,35?,37?,39-/m0/s1. The highest BCUT2D eigenvalue weighted by atomic mass is 16.7. The number of carbonyl (C=O) groups is 6. The maximum Gasteiger partial charge on any atom is 0.253 e. The maximum absolute atomic E-state index is 14.1. The lowest BCUT2D eigenvalue weighted by Crippen LogP contribution is -2.67. The highest BCUT2D eigenvalue weighted by Gasteiger charge is 2.64. The van der Waals surface area contributed by atoms with Crippen LogP contribution in [0, 0.1) is 35.5 Å². The van der Waals surface area contributed by atoms with E-state index in [0.717, 1.165) is 0 Å². The number of methoxy groups -OCH3 is 1. The zero-order valence-corrected chi connectivity index (χ0v) is 30.6. The van der Waals surface area contributed by atoms with Gasteiger partial charge in [0.2, 0.25) is 5.91 Å². The highest BCUT2D eigenvalue weighted by molar-refractivity contribution is 6.18. The largest absolute Gasteiger partial charge is 0.496 e. The number of fused-ring (bicyclic) bond motifs is 3.